The molecule has 1 N–H and O–H groups in total. The molecule has 7 atom stereocenters. The lowest BCUT2D eigenvalue weighted by atomic mass is 9.83. The van der Waals surface area contributed by atoms with Crippen LogP contribution < -0.4 is 5.32 Å². The average molecular weight is 275 g/mol. The quantitative estimate of drug-likeness (QED) is 0.831. The molecule has 0 saturated heterocycles. The Morgan fingerprint density at radius 1 is 1.00 bits per heavy atom. The summed E-state index contributed by atoms with van der Waals surface area (Å²) in [6.45, 7) is 2.25. The molecule has 0 spiro atoms. The molecule has 4 rings (SSSR count). The second-order valence-electron chi connectivity index (χ2n) is 8.33. The molecule has 1 amide bonds. The maximum absolute atomic E-state index is 12.3. The first-order chi connectivity index (χ1) is 9.69. The van der Waals surface area contributed by atoms with Crippen molar-refractivity contribution in [3.63, 3.8) is 0 Å². The van der Waals surface area contributed by atoms with Crippen LogP contribution in [0, 0.1) is 35.5 Å². The number of carbonyl (C=O) groups excluding carboxylic acids is 1. The normalized spacial score (nSPS) is 46.9. The lowest BCUT2D eigenvalue weighted by Gasteiger charge is -2.29. The molecule has 0 unspecified atom stereocenters. The second-order valence-corrected chi connectivity index (χ2v) is 8.33. The smallest absolute Gasteiger partial charge is 0.220 e. The van der Waals surface area contributed by atoms with E-state index in [1.54, 1.807) is 0 Å². The molecule has 0 heterocycles. The number of nitrogens with one attached hydrogen (secondary N) is 1. The van der Waals surface area contributed by atoms with Crippen molar-refractivity contribution in [1.29, 1.82) is 0 Å². The molecule has 112 valence electrons. The van der Waals surface area contributed by atoms with E-state index in [0.717, 1.165) is 36.0 Å². The van der Waals surface area contributed by atoms with Crippen LogP contribution >= 0.6 is 0 Å². The van der Waals surface area contributed by atoms with E-state index >= 15 is 0 Å². The van der Waals surface area contributed by atoms with Gasteiger partial charge in [0.25, 0.3) is 0 Å². The van der Waals surface area contributed by atoms with Gasteiger partial charge < -0.3 is 5.32 Å². The Morgan fingerprint density at radius 2 is 1.70 bits per heavy atom. The first kappa shape index (κ1) is 13.2. The Labute approximate surface area is 123 Å². The number of fused-ring (bicyclic) bond motifs is 4. The van der Waals surface area contributed by atoms with Crippen molar-refractivity contribution in [2.45, 2.75) is 70.8 Å². The van der Waals surface area contributed by atoms with Crippen LogP contribution in [0.1, 0.15) is 64.7 Å². The monoisotopic (exact) mass is 275 g/mol. The highest BCUT2D eigenvalue weighted by molar-refractivity contribution is 5.76. The first-order valence-corrected chi connectivity index (χ1v) is 8.98. The summed E-state index contributed by atoms with van der Waals surface area (Å²) in [4.78, 5) is 12.3. The molecule has 4 aliphatic carbocycles. The van der Waals surface area contributed by atoms with Crippen molar-refractivity contribution in [1.82, 2.24) is 5.32 Å². The second kappa shape index (κ2) is 5.03. The fourth-order valence-electron chi connectivity index (χ4n) is 6.19. The van der Waals surface area contributed by atoms with E-state index in [0.29, 0.717) is 17.9 Å². The van der Waals surface area contributed by atoms with Crippen LogP contribution in [-0.4, -0.2) is 11.9 Å². The van der Waals surface area contributed by atoms with Crippen molar-refractivity contribution >= 4 is 5.91 Å². The van der Waals surface area contributed by atoms with Gasteiger partial charge in [0.05, 0.1) is 0 Å². The van der Waals surface area contributed by atoms with Crippen LogP contribution in [0.15, 0.2) is 0 Å². The van der Waals surface area contributed by atoms with Crippen LogP contribution in [0.2, 0.25) is 0 Å². The van der Waals surface area contributed by atoms with Crippen molar-refractivity contribution < 1.29 is 4.79 Å². The van der Waals surface area contributed by atoms with Gasteiger partial charge in [-0.1, -0.05) is 12.8 Å². The Hall–Kier alpha value is -0.530. The topological polar surface area (TPSA) is 29.1 Å². The molecule has 4 saturated carbocycles. The zero-order valence-corrected chi connectivity index (χ0v) is 12.8. The molecule has 4 fully saturated rings. The SMILES string of the molecule is C[C@H](NC(=O)C[C@H]1C[C@H]2CC[C@H]1C2)[C@H]1C[C@H]2CC[C@H]1C2. The van der Waals surface area contributed by atoms with Gasteiger partial charge in [-0.2, -0.15) is 0 Å². The highest BCUT2D eigenvalue weighted by Gasteiger charge is 2.43. The number of carbonyl (C=O) groups is 1. The van der Waals surface area contributed by atoms with Gasteiger partial charge in [-0.25, -0.2) is 0 Å². The van der Waals surface area contributed by atoms with E-state index in [2.05, 4.69) is 12.2 Å². The van der Waals surface area contributed by atoms with E-state index in [-0.39, 0.29) is 0 Å². The summed E-state index contributed by atoms with van der Waals surface area (Å²) < 4.78 is 0. The molecule has 0 aromatic carbocycles. The van der Waals surface area contributed by atoms with Crippen molar-refractivity contribution in [2.75, 3.05) is 0 Å². The lowest BCUT2D eigenvalue weighted by Crippen LogP contribution is -2.41. The lowest BCUT2D eigenvalue weighted by molar-refractivity contribution is -0.123. The third-order valence-electron chi connectivity index (χ3n) is 7.16. The summed E-state index contributed by atoms with van der Waals surface area (Å²) in [7, 11) is 0. The van der Waals surface area contributed by atoms with Gasteiger partial charge in [0.15, 0.2) is 0 Å². The Kier molecular flexibility index (Phi) is 3.31. The minimum Gasteiger partial charge on any atom is -0.353 e. The van der Waals surface area contributed by atoms with E-state index in [4.69, 9.17) is 0 Å². The maximum Gasteiger partial charge on any atom is 0.220 e. The molecule has 0 aliphatic heterocycles. The van der Waals surface area contributed by atoms with E-state index < -0.39 is 0 Å². The van der Waals surface area contributed by atoms with Crippen LogP contribution in [0.5, 0.6) is 0 Å². The van der Waals surface area contributed by atoms with Crippen molar-refractivity contribution in [3.8, 4) is 0 Å². The molecule has 0 radical (unpaired) electrons. The average Bonchev–Trinajstić information content (AvgIpc) is 3.18. The fourth-order valence-corrected chi connectivity index (χ4v) is 6.19. The van der Waals surface area contributed by atoms with Crippen LogP contribution in [-0.2, 0) is 4.79 Å². The van der Waals surface area contributed by atoms with Gasteiger partial charge in [-0.15, -0.1) is 0 Å². The minimum absolute atomic E-state index is 0.345. The fraction of sp³-hybridized carbons (Fsp3) is 0.944. The van der Waals surface area contributed by atoms with Crippen molar-refractivity contribution in [3.05, 3.63) is 0 Å². The Morgan fingerprint density at radius 3 is 2.25 bits per heavy atom. The van der Waals surface area contributed by atoms with E-state index in [1.165, 1.54) is 51.4 Å². The third-order valence-corrected chi connectivity index (χ3v) is 7.16. The zero-order chi connectivity index (χ0) is 13.7. The molecule has 0 aromatic heterocycles. The number of rotatable bonds is 4. The van der Waals surface area contributed by atoms with Crippen LogP contribution in [0.3, 0.4) is 0 Å². The minimum atomic E-state index is 0.345. The molecule has 20 heavy (non-hydrogen) atoms. The summed E-state index contributed by atoms with van der Waals surface area (Å²) in [6, 6.07) is 0.413. The molecule has 4 aliphatic rings. The highest BCUT2D eigenvalue weighted by atomic mass is 16.1. The van der Waals surface area contributed by atoms with Crippen LogP contribution in [0.4, 0.5) is 0 Å². The zero-order valence-electron chi connectivity index (χ0n) is 12.8. The molecular weight excluding hydrogens is 246 g/mol. The van der Waals surface area contributed by atoms with Crippen molar-refractivity contribution in [2.24, 2.45) is 35.5 Å². The summed E-state index contributed by atoms with van der Waals surface area (Å²) >= 11 is 0. The predicted octanol–water partition coefficient (Wildman–Crippen LogP) is 3.75. The number of hydrogen-bond donors (Lipinski definition) is 1. The molecular formula is C18H29NO. The van der Waals surface area contributed by atoms with Gasteiger partial charge in [0.2, 0.25) is 5.91 Å². The molecule has 2 heteroatoms. The summed E-state index contributed by atoms with van der Waals surface area (Å²) in [5.41, 5.74) is 0. The largest absolute Gasteiger partial charge is 0.353 e. The summed E-state index contributed by atoms with van der Waals surface area (Å²) in [5.74, 6) is 5.56. The standard InChI is InChI=1S/C18H29NO/c1-11(17-9-13-3-5-15(17)7-13)19-18(20)10-16-8-12-2-4-14(16)6-12/h11-17H,2-10H2,1H3,(H,19,20)/t11-,12-,13-,14-,15-,16+,17+/m0/s1. The predicted molar refractivity (Wildman–Crippen MR) is 80.1 cm³/mol. The first-order valence-electron chi connectivity index (χ1n) is 8.98. The molecule has 0 aromatic rings. The van der Waals surface area contributed by atoms with Crippen LogP contribution in [0.25, 0.3) is 0 Å². The van der Waals surface area contributed by atoms with Gasteiger partial charge in [0.1, 0.15) is 0 Å². The van der Waals surface area contributed by atoms with E-state index in [9.17, 15) is 4.79 Å². The maximum atomic E-state index is 12.3. The van der Waals surface area contributed by atoms with Gasteiger partial charge in [-0.3, -0.25) is 4.79 Å². The third kappa shape index (κ3) is 2.29. The summed E-state index contributed by atoms with van der Waals surface area (Å²) in [5, 5.41) is 3.35. The molecule has 4 bridgehead atoms. The number of amides is 1. The molecule has 2 nitrogen and oxygen atoms in total. The van der Waals surface area contributed by atoms with Gasteiger partial charge >= 0.3 is 0 Å². The highest BCUT2D eigenvalue weighted by Crippen LogP contribution is 2.50. The van der Waals surface area contributed by atoms with E-state index in [1.807, 2.05) is 0 Å². The van der Waals surface area contributed by atoms with Gasteiger partial charge in [-0.05, 0) is 81.0 Å². The number of hydrogen-bond acceptors (Lipinski definition) is 1. The Balaban J connectivity index is 1.27. The summed E-state index contributed by atoms with van der Waals surface area (Å²) in [6.07, 6.45) is 12.1. The Bertz CT molecular complexity index is 393. The van der Waals surface area contributed by atoms with Gasteiger partial charge in [0, 0.05) is 12.5 Å².